The van der Waals surface area contributed by atoms with Gasteiger partial charge in [0.25, 0.3) is 0 Å². The van der Waals surface area contributed by atoms with Crippen LogP contribution in [0.2, 0.25) is 0 Å². The lowest BCUT2D eigenvalue weighted by molar-refractivity contribution is -0.164. The lowest BCUT2D eigenvalue weighted by Crippen LogP contribution is -2.56. The van der Waals surface area contributed by atoms with Crippen LogP contribution in [0.1, 0.15) is 78.6 Å². The van der Waals surface area contributed by atoms with Crippen LogP contribution < -0.4 is 0 Å². The van der Waals surface area contributed by atoms with E-state index in [1.807, 2.05) is 6.08 Å². The standard InChI is InChI=1S/C23H36O3/c1-5-23(25)13-10-20-18-7-6-16-14-17(26-15(2)24)8-11-21(16,3)19(18)9-12-22(20,23)4/h5,16-20,25H,1,6-14H2,2-4H3/t16-,17-,18-,19+,20+,21-,22-,23-/m0/s1. The highest BCUT2D eigenvalue weighted by atomic mass is 16.5. The van der Waals surface area contributed by atoms with Crippen LogP contribution in [0.5, 0.6) is 0 Å². The minimum atomic E-state index is -0.673. The Morgan fingerprint density at radius 1 is 1.08 bits per heavy atom. The number of hydrogen-bond donors (Lipinski definition) is 1. The summed E-state index contributed by atoms with van der Waals surface area (Å²) in [6.07, 6.45) is 12.2. The fourth-order valence-electron chi connectivity index (χ4n) is 7.95. The molecule has 3 nitrogen and oxygen atoms in total. The predicted octanol–water partition coefficient (Wildman–Crippen LogP) is 4.88. The number of ether oxygens (including phenoxy) is 1. The third-order valence-corrected chi connectivity index (χ3v) is 9.50. The Balaban J connectivity index is 1.56. The smallest absolute Gasteiger partial charge is 0.302 e. The molecule has 1 N–H and O–H groups in total. The first-order valence-corrected chi connectivity index (χ1v) is 10.8. The second-order valence-corrected chi connectivity index (χ2v) is 10.3. The minimum absolute atomic E-state index is 0.00799. The van der Waals surface area contributed by atoms with E-state index in [1.54, 1.807) is 0 Å². The third kappa shape index (κ3) is 2.45. The van der Waals surface area contributed by atoms with Crippen LogP contribution in [0, 0.1) is 34.5 Å². The maximum Gasteiger partial charge on any atom is 0.302 e. The van der Waals surface area contributed by atoms with Gasteiger partial charge < -0.3 is 9.84 Å². The first-order chi connectivity index (χ1) is 12.2. The zero-order chi connectivity index (χ0) is 18.7. The van der Waals surface area contributed by atoms with Crippen molar-refractivity contribution in [3.63, 3.8) is 0 Å². The van der Waals surface area contributed by atoms with E-state index in [0.717, 1.165) is 43.9 Å². The molecule has 0 aliphatic heterocycles. The Hall–Kier alpha value is -0.830. The topological polar surface area (TPSA) is 46.5 Å². The molecule has 4 fully saturated rings. The molecule has 4 saturated carbocycles. The van der Waals surface area contributed by atoms with E-state index >= 15 is 0 Å². The molecule has 0 unspecified atom stereocenters. The van der Waals surface area contributed by atoms with Crippen LogP contribution in [0.4, 0.5) is 0 Å². The zero-order valence-corrected chi connectivity index (χ0v) is 16.8. The van der Waals surface area contributed by atoms with Gasteiger partial charge in [0.05, 0.1) is 5.60 Å². The second kappa shape index (κ2) is 6.09. The number of fused-ring (bicyclic) bond motifs is 5. The molecule has 0 amide bonds. The first-order valence-electron chi connectivity index (χ1n) is 10.8. The van der Waals surface area contributed by atoms with Gasteiger partial charge in [-0.25, -0.2) is 0 Å². The number of esters is 1. The number of aliphatic hydroxyl groups is 1. The van der Waals surface area contributed by atoms with E-state index in [0.29, 0.717) is 17.3 Å². The van der Waals surface area contributed by atoms with Gasteiger partial charge in [-0.15, -0.1) is 6.58 Å². The van der Waals surface area contributed by atoms with Crippen LogP contribution in [0.25, 0.3) is 0 Å². The molecule has 26 heavy (non-hydrogen) atoms. The van der Waals surface area contributed by atoms with Crippen LogP contribution in [0.3, 0.4) is 0 Å². The largest absolute Gasteiger partial charge is 0.463 e. The van der Waals surface area contributed by atoms with Crippen LogP contribution in [-0.2, 0) is 9.53 Å². The molecule has 3 heteroatoms. The summed E-state index contributed by atoms with van der Waals surface area (Å²) >= 11 is 0. The number of hydrogen-bond acceptors (Lipinski definition) is 3. The molecular formula is C23H36O3. The molecule has 8 atom stereocenters. The lowest BCUT2D eigenvalue weighted by atomic mass is 9.44. The van der Waals surface area contributed by atoms with Gasteiger partial charge in [0.15, 0.2) is 0 Å². The molecule has 0 saturated heterocycles. The number of rotatable bonds is 2. The molecule has 0 aromatic heterocycles. The highest BCUT2D eigenvalue weighted by Crippen LogP contribution is 2.68. The third-order valence-electron chi connectivity index (χ3n) is 9.50. The molecule has 0 radical (unpaired) electrons. The fourth-order valence-corrected chi connectivity index (χ4v) is 7.95. The van der Waals surface area contributed by atoms with Crippen molar-refractivity contribution in [3.05, 3.63) is 12.7 Å². The van der Waals surface area contributed by atoms with Crippen LogP contribution in [-0.4, -0.2) is 22.8 Å². The molecular weight excluding hydrogens is 324 g/mol. The summed E-state index contributed by atoms with van der Waals surface area (Å²) in [5, 5.41) is 11.2. The van der Waals surface area contributed by atoms with Gasteiger partial charge in [0, 0.05) is 12.3 Å². The lowest BCUT2D eigenvalue weighted by Gasteiger charge is -2.61. The summed E-state index contributed by atoms with van der Waals surface area (Å²) in [5.41, 5.74) is -0.281. The maximum absolute atomic E-state index is 11.4. The number of carbonyl (C=O) groups is 1. The zero-order valence-electron chi connectivity index (χ0n) is 16.8. The van der Waals surface area contributed by atoms with Crippen LogP contribution in [0.15, 0.2) is 12.7 Å². The van der Waals surface area contributed by atoms with Crippen molar-refractivity contribution in [1.82, 2.24) is 0 Å². The fraction of sp³-hybridized carbons (Fsp3) is 0.870. The highest BCUT2D eigenvalue weighted by molar-refractivity contribution is 5.66. The summed E-state index contributed by atoms with van der Waals surface area (Å²) in [6.45, 7) is 10.4. The summed E-state index contributed by atoms with van der Waals surface area (Å²) in [6, 6.07) is 0. The highest BCUT2D eigenvalue weighted by Gasteiger charge is 2.63. The van der Waals surface area contributed by atoms with Gasteiger partial charge in [-0.2, -0.15) is 0 Å². The Labute approximate surface area is 158 Å². The first kappa shape index (κ1) is 18.5. The van der Waals surface area contributed by atoms with Crippen molar-refractivity contribution in [3.8, 4) is 0 Å². The molecule has 4 aliphatic carbocycles. The van der Waals surface area contributed by atoms with Crippen molar-refractivity contribution in [2.45, 2.75) is 90.3 Å². The van der Waals surface area contributed by atoms with E-state index < -0.39 is 5.60 Å². The molecule has 146 valence electrons. The average Bonchev–Trinajstić information content (AvgIpc) is 2.87. The molecule has 0 bridgehead atoms. The van der Waals surface area contributed by atoms with Crippen molar-refractivity contribution < 1.29 is 14.6 Å². The van der Waals surface area contributed by atoms with Crippen molar-refractivity contribution in [2.75, 3.05) is 0 Å². The van der Waals surface area contributed by atoms with Gasteiger partial charge >= 0.3 is 5.97 Å². The van der Waals surface area contributed by atoms with E-state index in [-0.39, 0.29) is 17.5 Å². The normalized spacial score (nSPS) is 53.2. The van der Waals surface area contributed by atoms with Crippen molar-refractivity contribution in [1.29, 1.82) is 0 Å². The Bertz CT molecular complexity index is 600. The van der Waals surface area contributed by atoms with E-state index in [2.05, 4.69) is 20.4 Å². The van der Waals surface area contributed by atoms with Gasteiger partial charge in [0.2, 0.25) is 0 Å². The Kier molecular flexibility index (Phi) is 4.34. The van der Waals surface area contributed by atoms with Gasteiger partial charge in [-0.1, -0.05) is 19.9 Å². The maximum atomic E-state index is 11.4. The predicted molar refractivity (Wildman–Crippen MR) is 102 cm³/mol. The van der Waals surface area contributed by atoms with Crippen molar-refractivity contribution in [2.24, 2.45) is 34.5 Å². The van der Waals surface area contributed by atoms with Crippen LogP contribution >= 0.6 is 0 Å². The van der Waals surface area contributed by atoms with Gasteiger partial charge in [0.1, 0.15) is 6.10 Å². The quantitative estimate of drug-likeness (QED) is 0.564. The molecule has 4 aliphatic rings. The molecule has 0 aromatic rings. The molecule has 0 aromatic carbocycles. The molecule has 4 rings (SSSR count). The van der Waals surface area contributed by atoms with E-state index in [9.17, 15) is 9.90 Å². The molecule has 0 spiro atoms. The van der Waals surface area contributed by atoms with Gasteiger partial charge in [-0.05, 0) is 86.9 Å². The Morgan fingerprint density at radius 3 is 2.50 bits per heavy atom. The SMILES string of the molecule is C=C[C@]1(O)CC[C@@H]2[C@H]3CC[C@H]4C[C@@H](OC(C)=O)CC[C@]4(C)[C@@H]3CC[C@@]21C. The molecule has 0 heterocycles. The summed E-state index contributed by atoms with van der Waals surface area (Å²) in [7, 11) is 0. The Morgan fingerprint density at radius 2 is 1.81 bits per heavy atom. The van der Waals surface area contributed by atoms with Gasteiger partial charge in [-0.3, -0.25) is 4.79 Å². The summed E-state index contributed by atoms with van der Waals surface area (Å²) in [4.78, 5) is 11.4. The summed E-state index contributed by atoms with van der Waals surface area (Å²) < 4.78 is 5.57. The second-order valence-electron chi connectivity index (χ2n) is 10.3. The van der Waals surface area contributed by atoms with E-state index in [4.69, 9.17) is 4.74 Å². The summed E-state index contributed by atoms with van der Waals surface area (Å²) in [5.74, 6) is 2.70. The number of carbonyl (C=O) groups excluding carboxylic acids is 1. The van der Waals surface area contributed by atoms with E-state index in [1.165, 1.54) is 32.6 Å². The van der Waals surface area contributed by atoms with Crippen molar-refractivity contribution >= 4 is 5.97 Å². The average molecular weight is 361 g/mol. The minimum Gasteiger partial charge on any atom is -0.463 e. The monoisotopic (exact) mass is 360 g/mol.